The van der Waals surface area contributed by atoms with Gasteiger partial charge in [0.2, 0.25) is 0 Å². The zero-order valence-corrected chi connectivity index (χ0v) is 12.0. The van der Waals surface area contributed by atoms with Gasteiger partial charge in [-0.25, -0.2) is 0 Å². The Balaban J connectivity index is 2.38. The molecule has 0 bridgehead atoms. The van der Waals surface area contributed by atoms with Crippen molar-refractivity contribution in [3.8, 4) is 11.1 Å². The fourth-order valence-corrected chi connectivity index (χ4v) is 2.30. The van der Waals surface area contributed by atoms with Gasteiger partial charge in [-0.1, -0.05) is 65.7 Å². The maximum Gasteiger partial charge on any atom is 0.0670 e. The molecule has 0 aliphatic heterocycles. The molecule has 98 valence electrons. The third kappa shape index (κ3) is 3.19. The van der Waals surface area contributed by atoms with Crippen molar-refractivity contribution in [3.05, 3.63) is 64.1 Å². The van der Waals surface area contributed by atoms with Crippen molar-refractivity contribution in [2.24, 2.45) is 0 Å². The molecule has 3 heteroatoms. The fourth-order valence-electron chi connectivity index (χ4n) is 1.89. The smallest absolute Gasteiger partial charge is 0.0670 e. The maximum absolute atomic E-state index is 8.89. The zero-order valence-electron chi connectivity index (χ0n) is 10.5. The molecule has 0 spiro atoms. The number of allylic oxidation sites excluding steroid dienone is 1. The first-order valence-electron chi connectivity index (χ1n) is 5.96. The van der Waals surface area contributed by atoms with Crippen molar-refractivity contribution in [1.82, 2.24) is 0 Å². The van der Waals surface area contributed by atoms with Crippen LogP contribution in [0.2, 0.25) is 10.0 Å². The molecule has 0 aliphatic carbocycles. The van der Waals surface area contributed by atoms with Crippen molar-refractivity contribution in [3.63, 3.8) is 0 Å². The van der Waals surface area contributed by atoms with Crippen LogP contribution in [0.1, 0.15) is 12.5 Å². The van der Waals surface area contributed by atoms with Crippen LogP contribution in [0.5, 0.6) is 0 Å². The average molecular weight is 293 g/mol. The van der Waals surface area contributed by atoms with E-state index in [9.17, 15) is 0 Å². The monoisotopic (exact) mass is 292 g/mol. The second-order valence-corrected chi connectivity index (χ2v) is 5.03. The fraction of sp³-hybridized carbons (Fsp3) is 0.125. The Labute approximate surface area is 123 Å². The van der Waals surface area contributed by atoms with Crippen molar-refractivity contribution in [1.29, 1.82) is 0 Å². The second kappa shape index (κ2) is 6.25. The SMILES string of the molecule is CC(=CCO)c1ccc(-c2cccc(Cl)c2Cl)cc1. The summed E-state index contributed by atoms with van der Waals surface area (Å²) in [5, 5.41) is 10.0. The highest BCUT2D eigenvalue weighted by Gasteiger charge is 2.06. The topological polar surface area (TPSA) is 20.2 Å². The summed E-state index contributed by atoms with van der Waals surface area (Å²) >= 11 is 12.2. The first-order valence-corrected chi connectivity index (χ1v) is 6.71. The van der Waals surface area contributed by atoms with Gasteiger partial charge in [0.15, 0.2) is 0 Å². The zero-order chi connectivity index (χ0) is 13.8. The van der Waals surface area contributed by atoms with Crippen LogP contribution in [0.15, 0.2) is 48.5 Å². The Hall–Kier alpha value is -1.28. The largest absolute Gasteiger partial charge is 0.392 e. The molecule has 0 unspecified atom stereocenters. The second-order valence-electron chi connectivity index (χ2n) is 4.25. The number of hydrogen-bond donors (Lipinski definition) is 1. The molecule has 0 radical (unpaired) electrons. The van der Waals surface area contributed by atoms with E-state index in [0.717, 1.165) is 22.3 Å². The summed E-state index contributed by atoms with van der Waals surface area (Å²) in [7, 11) is 0. The normalized spacial score (nSPS) is 11.7. The Morgan fingerprint density at radius 1 is 1.11 bits per heavy atom. The van der Waals surface area contributed by atoms with Gasteiger partial charge < -0.3 is 5.11 Å². The molecule has 0 atom stereocenters. The average Bonchev–Trinajstić information content (AvgIpc) is 2.42. The molecular weight excluding hydrogens is 279 g/mol. The van der Waals surface area contributed by atoms with Gasteiger partial charge >= 0.3 is 0 Å². The molecule has 1 N–H and O–H groups in total. The van der Waals surface area contributed by atoms with E-state index in [-0.39, 0.29) is 6.61 Å². The van der Waals surface area contributed by atoms with Crippen LogP contribution in [0, 0.1) is 0 Å². The van der Waals surface area contributed by atoms with Gasteiger partial charge in [0.1, 0.15) is 0 Å². The van der Waals surface area contributed by atoms with E-state index in [2.05, 4.69) is 0 Å². The van der Waals surface area contributed by atoms with Crippen molar-refractivity contribution < 1.29 is 5.11 Å². The summed E-state index contributed by atoms with van der Waals surface area (Å²) in [6, 6.07) is 13.6. The minimum Gasteiger partial charge on any atom is -0.392 e. The molecular formula is C16H14Cl2O. The van der Waals surface area contributed by atoms with Gasteiger partial charge in [0, 0.05) is 5.56 Å². The van der Waals surface area contributed by atoms with Crippen LogP contribution in [0.3, 0.4) is 0 Å². The minimum absolute atomic E-state index is 0.0493. The predicted octanol–water partition coefficient (Wildman–Crippen LogP) is 5.06. The van der Waals surface area contributed by atoms with Crippen LogP contribution in [0.4, 0.5) is 0 Å². The van der Waals surface area contributed by atoms with Crippen molar-refractivity contribution >= 4 is 28.8 Å². The number of rotatable bonds is 3. The van der Waals surface area contributed by atoms with Crippen LogP contribution in [-0.4, -0.2) is 11.7 Å². The standard InChI is InChI=1S/C16H14Cl2O/c1-11(9-10-19)12-5-7-13(8-6-12)14-3-2-4-15(17)16(14)18/h2-9,19H,10H2,1H3. The van der Waals surface area contributed by atoms with Gasteiger partial charge in [-0.3, -0.25) is 0 Å². The third-order valence-electron chi connectivity index (χ3n) is 3.00. The lowest BCUT2D eigenvalue weighted by atomic mass is 10.0. The highest BCUT2D eigenvalue weighted by Crippen LogP contribution is 2.33. The van der Waals surface area contributed by atoms with Crippen molar-refractivity contribution in [2.45, 2.75) is 6.92 Å². The number of hydrogen-bond acceptors (Lipinski definition) is 1. The van der Waals surface area contributed by atoms with E-state index in [1.54, 1.807) is 12.1 Å². The van der Waals surface area contributed by atoms with E-state index in [4.69, 9.17) is 28.3 Å². The summed E-state index contributed by atoms with van der Waals surface area (Å²) in [4.78, 5) is 0. The van der Waals surface area contributed by atoms with Gasteiger partial charge in [0.05, 0.1) is 16.7 Å². The van der Waals surface area contributed by atoms with E-state index in [1.165, 1.54) is 0 Å². The molecule has 0 heterocycles. The molecule has 2 aromatic carbocycles. The Kier molecular flexibility index (Phi) is 4.65. The number of halogens is 2. The summed E-state index contributed by atoms with van der Waals surface area (Å²) in [5.41, 5.74) is 4.07. The molecule has 0 aromatic heterocycles. The molecule has 2 rings (SSSR count). The lowest BCUT2D eigenvalue weighted by molar-refractivity contribution is 0.343. The van der Waals surface area contributed by atoms with Crippen LogP contribution >= 0.6 is 23.2 Å². The third-order valence-corrected chi connectivity index (χ3v) is 3.82. The molecule has 0 aliphatic rings. The van der Waals surface area contributed by atoms with Crippen LogP contribution in [0.25, 0.3) is 16.7 Å². The minimum atomic E-state index is 0.0493. The highest BCUT2D eigenvalue weighted by molar-refractivity contribution is 6.43. The van der Waals surface area contributed by atoms with Gasteiger partial charge in [-0.05, 0) is 29.7 Å². The number of aliphatic hydroxyl groups is 1. The van der Waals surface area contributed by atoms with Crippen LogP contribution in [-0.2, 0) is 0 Å². The first-order chi connectivity index (χ1) is 9.13. The van der Waals surface area contributed by atoms with E-state index in [1.807, 2.05) is 43.3 Å². The number of benzene rings is 2. The number of aliphatic hydroxyl groups excluding tert-OH is 1. The Morgan fingerprint density at radius 2 is 1.79 bits per heavy atom. The van der Waals surface area contributed by atoms with Crippen LogP contribution < -0.4 is 0 Å². The molecule has 0 saturated heterocycles. The summed E-state index contributed by atoms with van der Waals surface area (Å²) < 4.78 is 0. The molecule has 0 fully saturated rings. The van der Waals surface area contributed by atoms with E-state index in [0.29, 0.717) is 10.0 Å². The van der Waals surface area contributed by atoms with Gasteiger partial charge in [0.25, 0.3) is 0 Å². The molecule has 0 saturated carbocycles. The lowest BCUT2D eigenvalue weighted by Crippen LogP contribution is -1.85. The summed E-state index contributed by atoms with van der Waals surface area (Å²) in [6.07, 6.45) is 1.78. The molecule has 2 aromatic rings. The summed E-state index contributed by atoms with van der Waals surface area (Å²) in [5.74, 6) is 0. The van der Waals surface area contributed by atoms with Gasteiger partial charge in [-0.2, -0.15) is 0 Å². The lowest BCUT2D eigenvalue weighted by Gasteiger charge is -2.07. The Morgan fingerprint density at radius 3 is 2.42 bits per heavy atom. The summed E-state index contributed by atoms with van der Waals surface area (Å²) in [6.45, 7) is 2.02. The maximum atomic E-state index is 8.89. The highest BCUT2D eigenvalue weighted by atomic mass is 35.5. The molecule has 0 amide bonds. The quantitative estimate of drug-likeness (QED) is 0.839. The Bertz CT molecular complexity index is 601. The predicted molar refractivity (Wildman–Crippen MR) is 82.6 cm³/mol. The van der Waals surface area contributed by atoms with Gasteiger partial charge in [-0.15, -0.1) is 0 Å². The molecule has 1 nitrogen and oxygen atoms in total. The first kappa shape index (κ1) is 14.1. The van der Waals surface area contributed by atoms with E-state index < -0.39 is 0 Å². The van der Waals surface area contributed by atoms with Crippen molar-refractivity contribution in [2.75, 3.05) is 6.61 Å². The molecule has 19 heavy (non-hydrogen) atoms. The van der Waals surface area contributed by atoms with E-state index >= 15 is 0 Å².